The van der Waals surface area contributed by atoms with Crippen molar-refractivity contribution in [2.24, 2.45) is 0 Å². The van der Waals surface area contributed by atoms with Gasteiger partial charge in [-0.2, -0.15) is 0 Å². The highest BCUT2D eigenvalue weighted by atomic mass is 16.5. The molecule has 0 amide bonds. The van der Waals surface area contributed by atoms with E-state index in [0.717, 1.165) is 25.7 Å². The highest BCUT2D eigenvalue weighted by Crippen LogP contribution is 2.18. The molecule has 0 aromatic carbocycles. The van der Waals surface area contributed by atoms with E-state index in [1.807, 2.05) is 0 Å². The number of rotatable bonds is 18. The summed E-state index contributed by atoms with van der Waals surface area (Å²) in [6.07, 6.45) is 17.6. The molecule has 0 saturated carbocycles. The van der Waals surface area contributed by atoms with Crippen molar-refractivity contribution >= 4 is 0 Å². The summed E-state index contributed by atoms with van der Waals surface area (Å²) in [5.74, 6) is 0. The van der Waals surface area contributed by atoms with Gasteiger partial charge in [-0.05, 0) is 32.1 Å². The van der Waals surface area contributed by atoms with Gasteiger partial charge in [-0.15, -0.1) is 0 Å². The number of aliphatic hydroxyl groups excluding tert-OH is 3. The second kappa shape index (κ2) is 17.4. The first kappa shape index (κ1) is 25.6. The molecule has 0 aromatic rings. The predicted molar refractivity (Wildman–Crippen MR) is 113 cm³/mol. The molecule has 3 N–H and O–H groups in total. The first-order valence-electron chi connectivity index (χ1n) is 11.5. The molecule has 0 unspecified atom stereocenters. The molecule has 1 heterocycles. The van der Waals surface area contributed by atoms with E-state index in [1.54, 1.807) is 0 Å². The highest BCUT2D eigenvalue weighted by molar-refractivity contribution is 4.87. The van der Waals surface area contributed by atoms with Gasteiger partial charge in [0.05, 0.1) is 13.2 Å². The summed E-state index contributed by atoms with van der Waals surface area (Å²) >= 11 is 0. The van der Waals surface area contributed by atoms with Crippen molar-refractivity contribution in [1.29, 1.82) is 0 Å². The van der Waals surface area contributed by atoms with Crippen LogP contribution in [0.4, 0.5) is 0 Å². The Kier molecular flexibility index (Phi) is 15.9. The van der Waals surface area contributed by atoms with Crippen LogP contribution < -0.4 is 0 Å². The molecule has 0 radical (unpaired) electrons. The predicted octanol–water partition coefficient (Wildman–Crippen LogP) is 4.13. The van der Waals surface area contributed by atoms with Crippen molar-refractivity contribution in [3.63, 3.8) is 0 Å². The zero-order valence-corrected chi connectivity index (χ0v) is 17.9. The minimum Gasteiger partial charge on any atom is -0.388 e. The van der Waals surface area contributed by atoms with E-state index in [2.05, 4.69) is 19.1 Å². The van der Waals surface area contributed by atoms with Crippen LogP contribution in [0, 0.1) is 0 Å². The molecule has 0 spiro atoms. The quantitative estimate of drug-likeness (QED) is 0.238. The van der Waals surface area contributed by atoms with E-state index >= 15 is 0 Å². The van der Waals surface area contributed by atoms with E-state index in [-0.39, 0.29) is 13.2 Å². The van der Waals surface area contributed by atoms with Gasteiger partial charge in [-0.3, -0.25) is 0 Å². The summed E-state index contributed by atoms with van der Waals surface area (Å²) in [6, 6.07) is 0. The van der Waals surface area contributed by atoms with Crippen LogP contribution >= 0.6 is 0 Å². The first-order chi connectivity index (χ1) is 13.7. The van der Waals surface area contributed by atoms with Gasteiger partial charge in [0.15, 0.2) is 0 Å². The molecule has 5 heteroatoms. The Labute approximate surface area is 172 Å². The van der Waals surface area contributed by atoms with Crippen molar-refractivity contribution in [1.82, 2.24) is 0 Å². The molecule has 0 aliphatic carbocycles. The van der Waals surface area contributed by atoms with Crippen LogP contribution in [-0.2, 0) is 9.47 Å². The number of ether oxygens (including phenoxy) is 2. The smallest absolute Gasteiger partial charge is 0.114 e. The average molecular weight is 401 g/mol. The molecule has 1 aliphatic heterocycles. The number of aliphatic hydroxyl groups is 3. The van der Waals surface area contributed by atoms with Crippen molar-refractivity contribution in [3.05, 3.63) is 12.2 Å². The van der Waals surface area contributed by atoms with Gasteiger partial charge in [0.25, 0.3) is 0 Å². The Bertz CT molecular complexity index is 374. The van der Waals surface area contributed by atoms with Crippen molar-refractivity contribution in [2.75, 3.05) is 19.8 Å². The second-order valence-electron chi connectivity index (χ2n) is 8.08. The van der Waals surface area contributed by atoms with E-state index < -0.39 is 24.4 Å². The van der Waals surface area contributed by atoms with Crippen LogP contribution in [-0.4, -0.2) is 59.6 Å². The van der Waals surface area contributed by atoms with Crippen molar-refractivity contribution in [2.45, 2.75) is 115 Å². The zero-order valence-electron chi connectivity index (χ0n) is 17.9. The van der Waals surface area contributed by atoms with E-state index in [9.17, 15) is 15.3 Å². The molecule has 1 aliphatic rings. The SMILES string of the molecule is CCCCCCCCCC/C=C/CCCCCOC[C@H](O)[C@@H]1OC[C@@H](O)[C@@H]1O. The molecular weight excluding hydrogens is 356 g/mol. The van der Waals surface area contributed by atoms with Gasteiger partial charge in [0.2, 0.25) is 0 Å². The van der Waals surface area contributed by atoms with Crippen LogP contribution in [0.2, 0.25) is 0 Å². The molecule has 28 heavy (non-hydrogen) atoms. The summed E-state index contributed by atoms with van der Waals surface area (Å²) in [6.45, 7) is 3.06. The average Bonchev–Trinajstić information content (AvgIpc) is 3.03. The molecule has 4 atom stereocenters. The Hall–Kier alpha value is -0.460. The van der Waals surface area contributed by atoms with Crippen molar-refractivity contribution < 1.29 is 24.8 Å². The van der Waals surface area contributed by atoms with Crippen LogP contribution in [0.25, 0.3) is 0 Å². The second-order valence-corrected chi connectivity index (χ2v) is 8.08. The number of unbranched alkanes of at least 4 members (excludes halogenated alkanes) is 11. The van der Waals surface area contributed by atoms with Gasteiger partial charge in [-0.25, -0.2) is 0 Å². The molecule has 1 rings (SSSR count). The lowest BCUT2D eigenvalue weighted by atomic mass is 10.1. The molecule has 5 nitrogen and oxygen atoms in total. The summed E-state index contributed by atoms with van der Waals surface area (Å²) in [5.41, 5.74) is 0. The van der Waals surface area contributed by atoms with Crippen LogP contribution in [0.1, 0.15) is 90.4 Å². The summed E-state index contributed by atoms with van der Waals surface area (Å²) in [5, 5.41) is 29.0. The minimum absolute atomic E-state index is 0.0649. The van der Waals surface area contributed by atoms with E-state index in [1.165, 1.54) is 57.8 Å². The lowest BCUT2D eigenvalue weighted by Gasteiger charge is -2.20. The largest absolute Gasteiger partial charge is 0.388 e. The molecule has 166 valence electrons. The lowest BCUT2D eigenvalue weighted by Crippen LogP contribution is -2.40. The Morgan fingerprint density at radius 2 is 1.46 bits per heavy atom. The highest BCUT2D eigenvalue weighted by Gasteiger charge is 2.39. The Balaban J connectivity index is 1.81. The summed E-state index contributed by atoms with van der Waals surface area (Å²) in [4.78, 5) is 0. The third kappa shape index (κ3) is 12.2. The maximum absolute atomic E-state index is 9.93. The van der Waals surface area contributed by atoms with Crippen LogP contribution in [0.5, 0.6) is 0 Å². The van der Waals surface area contributed by atoms with Gasteiger partial charge < -0.3 is 24.8 Å². The summed E-state index contributed by atoms with van der Waals surface area (Å²) in [7, 11) is 0. The molecule has 1 saturated heterocycles. The van der Waals surface area contributed by atoms with E-state index in [4.69, 9.17) is 9.47 Å². The third-order valence-electron chi connectivity index (χ3n) is 5.41. The van der Waals surface area contributed by atoms with E-state index in [0.29, 0.717) is 6.61 Å². The number of hydrogen-bond acceptors (Lipinski definition) is 5. The number of allylic oxidation sites excluding steroid dienone is 2. The fraction of sp³-hybridized carbons (Fsp3) is 0.913. The van der Waals surface area contributed by atoms with Gasteiger partial charge >= 0.3 is 0 Å². The normalized spacial score (nSPS) is 23.6. The van der Waals surface area contributed by atoms with Gasteiger partial charge in [-0.1, -0.05) is 70.4 Å². The minimum atomic E-state index is -1.03. The maximum Gasteiger partial charge on any atom is 0.114 e. The third-order valence-corrected chi connectivity index (χ3v) is 5.41. The number of hydrogen-bond donors (Lipinski definition) is 3. The van der Waals surface area contributed by atoms with Crippen LogP contribution in [0.3, 0.4) is 0 Å². The van der Waals surface area contributed by atoms with Crippen molar-refractivity contribution in [3.8, 4) is 0 Å². The topological polar surface area (TPSA) is 79.2 Å². The fourth-order valence-electron chi connectivity index (χ4n) is 3.54. The zero-order chi connectivity index (χ0) is 20.5. The summed E-state index contributed by atoms with van der Waals surface area (Å²) < 4.78 is 10.6. The van der Waals surface area contributed by atoms with Crippen LogP contribution in [0.15, 0.2) is 12.2 Å². The molecule has 0 aromatic heterocycles. The molecular formula is C23H44O5. The maximum atomic E-state index is 9.93. The Morgan fingerprint density at radius 1 is 0.893 bits per heavy atom. The van der Waals surface area contributed by atoms with Gasteiger partial charge in [0.1, 0.15) is 24.4 Å². The fourth-order valence-corrected chi connectivity index (χ4v) is 3.54. The first-order valence-corrected chi connectivity index (χ1v) is 11.5. The standard InChI is InChI=1S/C23H44O5/c1-2-3-4-5-6-7-8-9-10-11-12-13-14-15-16-17-27-18-21(25)23-22(26)20(24)19-28-23/h11-12,20-26H,2-10,13-19H2,1H3/b12-11+/t20-,21+,22+,23+/m1/s1. The Morgan fingerprint density at radius 3 is 2.04 bits per heavy atom. The van der Waals surface area contributed by atoms with Gasteiger partial charge in [0, 0.05) is 6.61 Å². The molecule has 1 fully saturated rings. The molecule has 0 bridgehead atoms. The lowest BCUT2D eigenvalue weighted by molar-refractivity contribution is -0.0813. The monoisotopic (exact) mass is 400 g/mol.